The van der Waals surface area contributed by atoms with Crippen LogP contribution in [0.15, 0.2) is 53.3 Å². The summed E-state index contributed by atoms with van der Waals surface area (Å²) in [4.78, 5) is 18.6. The van der Waals surface area contributed by atoms with Crippen LogP contribution in [0.4, 0.5) is 4.39 Å². The fourth-order valence-corrected chi connectivity index (χ4v) is 5.36. The van der Waals surface area contributed by atoms with Crippen LogP contribution in [-0.4, -0.2) is 36.1 Å². The predicted octanol–water partition coefficient (Wildman–Crippen LogP) is 4.91. The lowest BCUT2D eigenvalue weighted by atomic mass is 10.0. The molecule has 2 aromatic carbocycles. The minimum Gasteiger partial charge on any atom is -0.321 e. The first-order valence-electron chi connectivity index (χ1n) is 12.4. The summed E-state index contributed by atoms with van der Waals surface area (Å²) in [5, 5.41) is 13.7. The number of H-pyrrole nitrogens is 1. The number of fused-ring (bicyclic) bond motifs is 1. The Hall–Kier alpha value is -3.39. The minimum absolute atomic E-state index is 0.0406. The summed E-state index contributed by atoms with van der Waals surface area (Å²) in [5.41, 5.74) is 3.60. The van der Waals surface area contributed by atoms with Crippen LogP contribution >= 0.6 is 0 Å². The number of rotatable bonds is 8. The molecule has 1 fully saturated rings. The highest BCUT2D eigenvalue weighted by molar-refractivity contribution is 5.81. The van der Waals surface area contributed by atoms with E-state index in [1.807, 2.05) is 31.2 Å². The molecule has 0 spiro atoms. The van der Waals surface area contributed by atoms with Crippen molar-refractivity contribution in [2.24, 2.45) is 0 Å². The highest BCUT2D eigenvalue weighted by Crippen LogP contribution is 2.33. The van der Waals surface area contributed by atoms with E-state index in [4.69, 9.17) is 0 Å². The molecule has 5 rings (SSSR count). The highest BCUT2D eigenvalue weighted by Gasteiger charge is 2.32. The van der Waals surface area contributed by atoms with E-state index in [-0.39, 0.29) is 17.4 Å². The molecule has 0 bridgehead atoms. The topological polar surface area (TPSA) is 79.7 Å². The Kier molecular flexibility index (Phi) is 6.72. The first-order chi connectivity index (χ1) is 17.0. The molecule has 1 aliphatic rings. The minimum atomic E-state index is -0.264. The van der Waals surface area contributed by atoms with E-state index in [2.05, 4.69) is 32.3 Å². The van der Waals surface area contributed by atoms with Gasteiger partial charge in [-0.2, -0.15) is 0 Å². The SMILES string of the molecule is CC[C@H](c1nnnn1Cc1ccc(F)cc1)N(Cc1cc2cccc(C)c2[nH]c1=O)C1CCCC1. The average Bonchev–Trinajstić information content (AvgIpc) is 3.54. The largest absolute Gasteiger partial charge is 0.321 e. The van der Waals surface area contributed by atoms with Crippen LogP contribution in [0.2, 0.25) is 0 Å². The molecule has 7 nitrogen and oxygen atoms in total. The predicted molar refractivity (Wildman–Crippen MR) is 133 cm³/mol. The Balaban J connectivity index is 1.49. The molecule has 1 aliphatic carbocycles. The third kappa shape index (κ3) is 4.89. The van der Waals surface area contributed by atoms with Gasteiger partial charge in [-0.3, -0.25) is 9.69 Å². The summed E-state index contributed by atoms with van der Waals surface area (Å²) in [6.45, 7) is 5.15. The molecule has 0 unspecified atom stereocenters. The zero-order valence-electron chi connectivity index (χ0n) is 20.2. The van der Waals surface area contributed by atoms with Crippen LogP contribution in [0.5, 0.6) is 0 Å². The number of pyridine rings is 1. The molecule has 1 N–H and O–H groups in total. The van der Waals surface area contributed by atoms with Crippen molar-refractivity contribution < 1.29 is 4.39 Å². The molecule has 182 valence electrons. The molecule has 0 aliphatic heterocycles. The van der Waals surface area contributed by atoms with Crippen molar-refractivity contribution in [3.05, 3.63) is 87.2 Å². The smallest absolute Gasteiger partial charge is 0.252 e. The van der Waals surface area contributed by atoms with Gasteiger partial charge >= 0.3 is 0 Å². The van der Waals surface area contributed by atoms with Gasteiger partial charge in [-0.1, -0.05) is 50.1 Å². The number of aryl methyl sites for hydroxylation is 1. The number of aromatic amines is 1. The monoisotopic (exact) mass is 474 g/mol. The number of hydrogen-bond donors (Lipinski definition) is 1. The summed E-state index contributed by atoms with van der Waals surface area (Å²) in [5.74, 6) is 0.511. The van der Waals surface area contributed by atoms with Crippen molar-refractivity contribution >= 4 is 10.9 Å². The molecule has 8 heteroatoms. The van der Waals surface area contributed by atoms with Gasteiger partial charge in [0, 0.05) is 18.2 Å². The summed E-state index contributed by atoms with van der Waals surface area (Å²) >= 11 is 0. The Morgan fingerprint density at radius 1 is 1.17 bits per heavy atom. The molecule has 0 amide bonds. The Bertz CT molecular complexity index is 1360. The molecular formula is C27H31FN6O. The number of halogens is 1. The fourth-order valence-electron chi connectivity index (χ4n) is 5.36. The zero-order chi connectivity index (χ0) is 24.4. The number of nitrogens with zero attached hydrogens (tertiary/aromatic N) is 5. The Labute approximate surface area is 204 Å². The quantitative estimate of drug-likeness (QED) is 0.393. The molecule has 4 aromatic rings. The van der Waals surface area contributed by atoms with E-state index >= 15 is 0 Å². The van der Waals surface area contributed by atoms with Crippen molar-refractivity contribution in [3.8, 4) is 0 Å². The number of para-hydroxylation sites is 1. The number of aromatic nitrogens is 5. The lowest BCUT2D eigenvalue weighted by molar-refractivity contribution is 0.112. The third-order valence-electron chi connectivity index (χ3n) is 7.20. The maximum absolute atomic E-state index is 13.4. The van der Waals surface area contributed by atoms with Gasteiger partial charge in [0.2, 0.25) is 0 Å². The van der Waals surface area contributed by atoms with E-state index in [0.29, 0.717) is 19.1 Å². The standard InChI is InChI=1S/C27H31FN6O/c1-3-24(26-30-31-32-34(26)16-19-11-13-22(28)14-12-19)33(23-9-4-5-10-23)17-21-15-20-8-6-7-18(2)25(20)29-27(21)35/h6-8,11-15,23-24H,3-5,9-10,16-17H2,1-2H3,(H,29,35)/t24-/m1/s1. The van der Waals surface area contributed by atoms with Crippen LogP contribution in [0, 0.1) is 12.7 Å². The zero-order valence-corrected chi connectivity index (χ0v) is 20.2. The Morgan fingerprint density at radius 3 is 2.69 bits per heavy atom. The van der Waals surface area contributed by atoms with Gasteiger partial charge in [-0.25, -0.2) is 9.07 Å². The van der Waals surface area contributed by atoms with Crippen molar-refractivity contribution in [1.29, 1.82) is 0 Å². The normalized spacial score (nSPS) is 15.3. The average molecular weight is 475 g/mol. The molecule has 0 saturated heterocycles. The van der Waals surface area contributed by atoms with Crippen LogP contribution in [0.25, 0.3) is 10.9 Å². The van der Waals surface area contributed by atoms with Gasteiger partial charge in [0.05, 0.1) is 18.1 Å². The Morgan fingerprint density at radius 2 is 1.94 bits per heavy atom. The maximum atomic E-state index is 13.4. The molecular weight excluding hydrogens is 443 g/mol. The molecule has 0 radical (unpaired) electrons. The second-order valence-corrected chi connectivity index (χ2v) is 9.52. The van der Waals surface area contributed by atoms with Gasteiger partial charge in [-0.05, 0) is 71.3 Å². The second kappa shape index (κ2) is 10.1. The van der Waals surface area contributed by atoms with Crippen LogP contribution in [-0.2, 0) is 13.1 Å². The van der Waals surface area contributed by atoms with Gasteiger partial charge in [0.1, 0.15) is 5.82 Å². The van der Waals surface area contributed by atoms with E-state index in [1.54, 1.807) is 16.8 Å². The lowest BCUT2D eigenvalue weighted by Crippen LogP contribution is -2.39. The first kappa shape index (κ1) is 23.4. The number of nitrogens with one attached hydrogen (secondary N) is 1. The van der Waals surface area contributed by atoms with Crippen LogP contribution < -0.4 is 5.56 Å². The second-order valence-electron chi connectivity index (χ2n) is 9.52. The molecule has 35 heavy (non-hydrogen) atoms. The number of tetrazole rings is 1. The lowest BCUT2D eigenvalue weighted by Gasteiger charge is -2.35. The fraction of sp³-hybridized carbons (Fsp3) is 0.407. The summed E-state index contributed by atoms with van der Waals surface area (Å²) in [7, 11) is 0. The molecule has 1 atom stereocenters. The van der Waals surface area contributed by atoms with Crippen molar-refractivity contribution in [2.75, 3.05) is 0 Å². The summed E-state index contributed by atoms with van der Waals surface area (Å²) < 4.78 is 15.2. The van der Waals surface area contributed by atoms with Crippen molar-refractivity contribution in [1.82, 2.24) is 30.1 Å². The number of benzene rings is 2. The highest BCUT2D eigenvalue weighted by atomic mass is 19.1. The van der Waals surface area contributed by atoms with Crippen molar-refractivity contribution in [3.63, 3.8) is 0 Å². The molecule has 1 saturated carbocycles. The summed E-state index contributed by atoms with van der Waals surface area (Å²) in [6, 6.07) is 14.8. The maximum Gasteiger partial charge on any atom is 0.252 e. The van der Waals surface area contributed by atoms with E-state index in [9.17, 15) is 9.18 Å². The van der Waals surface area contributed by atoms with Gasteiger partial charge in [0.25, 0.3) is 5.56 Å². The molecule has 2 heterocycles. The summed E-state index contributed by atoms with van der Waals surface area (Å²) in [6.07, 6.45) is 5.38. The molecule has 2 aromatic heterocycles. The van der Waals surface area contributed by atoms with Crippen LogP contribution in [0.1, 0.15) is 67.6 Å². The van der Waals surface area contributed by atoms with Crippen molar-refractivity contribution in [2.45, 2.75) is 71.1 Å². The van der Waals surface area contributed by atoms with Gasteiger partial charge in [0.15, 0.2) is 5.82 Å². The first-order valence-corrected chi connectivity index (χ1v) is 12.4. The van der Waals surface area contributed by atoms with Gasteiger partial charge in [-0.15, -0.1) is 5.10 Å². The van der Waals surface area contributed by atoms with E-state index in [1.165, 1.54) is 25.0 Å². The van der Waals surface area contributed by atoms with Gasteiger partial charge < -0.3 is 4.98 Å². The van der Waals surface area contributed by atoms with Crippen LogP contribution in [0.3, 0.4) is 0 Å². The van der Waals surface area contributed by atoms with E-state index in [0.717, 1.165) is 52.7 Å². The van der Waals surface area contributed by atoms with E-state index < -0.39 is 0 Å². The number of hydrogen-bond acceptors (Lipinski definition) is 5. The third-order valence-corrected chi connectivity index (χ3v) is 7.20.